The molecule has 0 amide bonds. The first kappa shape index (κ1) is 88.9. The van der Waals surface area contributed by atoms with Crippen LogP contribution in [0.4, 0.5) is 17.5 Å². The third-order valence-corrected chi connectivity index (χ3v) is 24.3. The fourth-order valence-electron chi connectivity index (χ4n) is 9.10. The third kappa shape index (κ3) is 23.8. The number of nitrogens with zero attached hydrogens (tertiary/aromatic N) is 7. The van der Waals surface area contributed by atoms with Gasteiger partial charge < -0.3 is 121 Å². The standard InChI is InChI=1S/2C14H22N3O14P3.C12H19N4O14P3/c2*1-4-5-14(20)11(18)10(28-12(14)17-7(2)6-9(15)16-13(17)19)8(3)29-33(24,25)31-34(26,27)30-32(21,22)23;1-3-4-12(19)9(17)8(27-10(12)16-11(18)15-7(13)5-14-16)6(2)28-32(23,24)30-33(25,26)29-31(20,21)22/h2*6,8,10-12,18,20H,1-3H3,(H,24,25)(H,26,27)(H2,15,16,19)(H2,21,22,23);5-6,8-10,17,19H,1-2H3,(H,23,24)(H,25,26)(H2,13,15,18)(H2,20,21,22)/t8-,10+,11-,12+,14?;8-,10-,11+,12-,14?;6-,8-,9+,10-,12?/m011/s1. The summed E-state index contributed by atoms with van der Waals surface area (Å²) in [6.07, 6.45) is -20.6. The average molecular weight is 1630 g/mol. The van der Waals surface area contributed by atoms with Crippen LogP contribution in [0.25, 0.3) is 0 Å². The Bertz CT molecular complexity index is 4250. The molecule has 21 atom stereocenters. The van der Waals surface area contributed by atoms with Crippen LogP contribution in [0.1, 0.15) is 71.6 Å². The molecule has 0 aliphatic carbocycles. The molecule has 3 aromatic heterocycles. The number of phosphoric ester groups is 3. The van der Waals surface area contributed by atoms with Crippen molar-refractivity contribution in [1.29, 1.82) is 0 Å². The van der Waals surface area contributed by atoms with Gasteiger partial charge in [0.2, 0.25) is 5.60 Å². The summed E-state index contributed by atoms with van der Waals surface area (Å²) in [5.41, 5.74) is 6.13. The van der Waals surface area contributed by atoms with Gasteiger partial charge in [-0.2, -0.15) is 50.6 Å². The first-order valence-electron chi connectivity index (χ1n) is 26.4. The van der Waals surface area contributed by atoms with Crippen molar-refractivity contribution in [3.8, 4) is 35.5 Å². The zero-order valence-electron chi connectivity index (χ0n) is 51.9. The molecule has 9 unspecified atom stereocenters. The fourth-order valence-corrected chi connectivity index (χ4v) is 18.7. The van der Waals surface area contributed by atoms with Gasteiger partial charge in [0.25, 0.3) is 0 Å². The van der Waals surface area contributed by atoms with E-state index in [0.29, 0.717) is 4.68 Å². The normalized spacial score (nSPS) is 29.7. The van der Waals surface area contributed by atoms with E-state index in [1.807, 2.05) is 0 Å². The van der Waals surface area contributed by atoms with E-state index in [0.717, 1.165) is 36.1 Å². The Kier molecular flexibility index (Phi) is 28.8. The first-order chi connectivity index (χ1) is 45.5. The molecule has 101 heavy (non-hydrogen) atoms. The van der Waals surface area contributed by atoms with Crippen molar-refractivity contribution < 1.29 is 184 Å². The summed E-state index contributed by atoms with van der Waals surface area (Å²) in [6.45, 7) is 9.75. The van der Waals surface area contributed by atoms with E-state index in [2.05, 4.69) is 95.0 Å². The highest BCUT2D eigenvalue weighted by Gasteiger charge is 2.62. The molecule has 6 heterocycles. The second-order valence-electron chi connectivity index (χ2n) is 20.4. The van der Waals surface area contributed by atoms with Gasteiger partial charge in [0.15, 0.2) is 29.9 Å². The number of aryl methyl sites for hydroxylation is 2. The average Bonchev–Trinajstić information content (AvgIpc) is 1.61. The van der Waals surface area contributed by atoms with Gasteiger partial charge in [0.05, 0.1) is 24.5 Å². The molecule has 61 heteroatoms. The molecule has 3 fully saturated rings. The summed E-state index contributed by atoms with van der Waals surface area (Å²) >= 11 is 0. The minimum Gasteiger partial charge on any atom is -0.386 e. The van der Waals surface area contributed by atoms with Crippen LogP contribution in [0.2, 0.25) is 0 Å². The van der Waals surface area contributed by atoms with Gasteiger partial charge in [-0.1, -0.05) is 17.8 Å². The van der Waals surface area contributed by atoms with Crippen LogP contribution in [0.15, 0.2) is 32.7 Å². The Morgan fingerprint density at radius 1 is 0.446 bits per heavy atom. The molecule has 0 aromatic carbocycles. The highest BCUT2D eigenvalue weighted by molar-refractivity contribution is 7.67. The lowest BCUT2D eigenvalue weighted by molar-refractivity contribution is -0.0932. The van der Waals surface area contributed by atoms with Gasteiger partial charge in [-0.15, -0.1) is 17.8 Å². The van der Waals surface area contributed by atoms with Crippen molar-refractivity contribution in [2.75, 3.05) is 17.2 Å². The van der Waals surface area contributed by atoms with Gasteiger partial charge in [-0.3, -0.25) is 22.7 Å². The summed E-state index contributed by atoms with van der Waals surface area (Å²) in [5.74, 6) is 13.3. The molecule has 3 saturated heterocycles. The Balaban J connectivity index is 0.000000321. The third-order valence-electron chi connectivity index (χ3n) is 12.5. The Labute approximate surface area is 563 Å². The first-order valence-corrected chi connectivity index (χ1v) is 40.0. The molecular weight excluding hydrogens is 1570 g/mol. The molecule has 0 saturated carbocycles. The van der Waals surface area contributed by atoms with E-state index in [1.165, 1.54) is 46.8 Å². The van der Waals surface area contributed by atoms with Gasteiger partial charge in [-0.25, -0.2) is 55.5 Å². The van der Waals surface area contributed by atoms with E-state index in [9.17, 15) is 115 Å². The predicted molar refractivity (Wildman–Crippen MR) is 324 cm³/mol. The zero-order valence-corrected chi connectivity index (χ0v) is 59.9. The number of aliphatic hydroxyl groups excluding tert-OH is 3. The number of anilines is 3. The maximum atomic E-state index is 12.4. The molecular formula is C40H63N10O42P9. The molecule has 24 N–H and O–H groups in total. The van der Waals surface area contributed by atoms with Crippen molar-refractivity contribution >= 4 is 87.9 Å². The molecule has 570 valence electrons. The van der Waals surface area contributed by atoms with E-state index in [4.69, 9.17) is 60.8 Å². The lowest BCUT2D eigenvalue weighted by Gasteiger charge is -2.28. The van der Waals surface area contributed by atoms with Crippen LogP contribution < -0.4 is 34.3 Å². The van der Waals surface area contributed by atoms with Crippen molar-refractivity contribution in [3.05, 3.63) is 61.2 Å². The summed E-state index contributed by atoms with van der Waals surface area (Å²) in [5, 5.41) is 68.6. The lowest BCUT2D eigenvalue weighted by atomic mass is 9.92. The zero-order chi connectivity index (χ0) is 78.0. The van der Waals surface area contributed by atoms with Gasteiger partial charge in [0.1, 0.15) is 54.1 Å². The van der Waals surface area contributed by atoms with Crippen molar-refractivity contribution in [2.24, 2.45) is 0 Å². The summed E-state index contributed by atoms with van der Waals surface area (Å²) in [7, 11) is -51.0. The number of rotatable bonds is 24. The van der Waals surface area contributed by atoms with Gasteiger partial charge in [0, 0.05) is 11.4 Å². The van der Waals surface area contributed by atoms with Crippen molar-refractivity contribution in [2.45, 2.75) is 146 Å². The van der Waals surface area contributed by atoms with E-state index in [-0.39, 0.29) is 28.8 Å². The molecule has 0 spiro atoms. The number of nitrogens with two attached hydrogens (primary N) is 3. The largest absolute Gasteiger partial charge is 0.490 e. The minimum atomic E-state index is -5.80. The van der Waals surface area contributed by atoms with Gasteiger partial charge >= 0.3 is 87.5 Å². The second kappa shape index (κ2) is 32.7. The van der Waals surface area contributed by atoms with Crippen molar-refractivity contribution in [3.63, 3.8) is 0 Å². The predicted octanol–water partition coefficient (Wildman–Crippen LogP) is -4.28. The topological polar surface area (TPSA) is 824 Å². The van der Waals surface area contributed by atoms with Crippen LogP contribution in [0, 0.1) is 49.4 Å². The smallest absolute Gasteiger partial charge is 0.386 e. The molecule has 3 aromatic rings. The monoisotopic (exact) mass is 1630 g/mol. The van der Waals surface area contributed by atoms with Crippen molar-refractivity contribution in [1.82, 2.24) is 33.9 Å². The summed E-state index contributed by atoms with van der Waals surface area (Å²) < 4.78 is 157. The number of phosphoric acid groups is 9. The Morgan fingerprint density at radius 3 is 0.950 bits per heavy atom. The second-order valence-corrected chi connectivity index (χ2v) is 33.5. The minimum absolute atomic E-state index is 0.139. The van der Waals surface area contributed by atoms with E-state index < -0.39 is 178 Å². The molecule has 3 aliphatic rings. The van der Waals surface area contributed by atoms with Crippen LogP contribution in [0.3, 0.4) is 0 Å². The quantitative estimate of drug-likeness (QED) is 0.0298. The van der Waals surface area contributed by atoms with Gasteiger partial charge in [-0.05, 0) is 67.5 Å². The van der Waals surface area contributed by atoms with E-state index in [1.54, 1.807) is 0 Å². The molecule has 3 aliphatic heterocycles. The van der Waals surface area contributed by atoms with Crippen LogP contribution in [-0.4, -0.2) is 195 Å². The number of aromatic nitrogens is 7. The SMILES string of the molecule is CC#CC1(O)[C@@H](O)[C@@H]([C@@H](C)OP(=O)(O)OP(=O)(O)OP(=O)(O)O)O[C@H]1n1c(C)cc(N)nc1=O.CC#CC1(O)[C@@H](O)[C@@H]([C@@H](C)OP(=O)(O)OP(=O)(O)OP(=O)(O)O)O[C@H]1n1ncc(N)nc1=O.CC#CC1(O)[C@@H](O)[C@@H]([C@H](C)OP(=O)(O)OP(=O)(O)OP(=O)(O)O)O[C@H]1n1c(C)cc(N)nc1=O. The Morgan fingerprint density at radius 2 is 0.703 bits per heavy atom. The van der Waals surface area contributed by atoms with E-state index >= 15 is 0 Å². The fraction of sp³-hybridized carbons (Fsp3) is 0.575. The molecule has 0 bridgehead atoms. The summed E-state index contributed by atoms with van der Waals surface area (Å²) in [4.78, 5) is 156. The number of hydrogen-bond donors (Lipinski definition) is 21. The maximum Gasteiger partial charge on any atom is 0.490 e. The number of aliphatic hydroxyl groups is 6. The molecule has 0 radical (unpaired) electrons. The highest BCUT2D eigenvalue weighted by atomic mass is 31.3. The van der Waals surface area contributed by atoms with Crippen LogP contribution in [0.5, 0.6) is 0 Å². The lowest BCUT2D eigenvalue weighted by Crippen LogP contribution is -2.49. The van der Waals surface area contributed by atoms with Crippen LogP contribution >= 0.6 is 70.4 Å². The number of nitrogen functional groups attached to an aromatic ring is 3. The van der Waals surface area contributed by atoms with Crippen LogP contribution in [-0.2, 0) is 94.7 Å². The maximum absolute atomic E-state index is 12.4. The number of ether oxygens (including phenoxy) is 3. The molecule has 52 nitrogen and oxygen atoms in total. The highest BCUT2D eigenvalue weighted by Crippen LogP contribution is 2.69. The Hall–Kier alpha value is -4.48. The summed E-state index contributed by atoms with van der Waals surface area (Å²) in [6, 6.07) is 2.53. The number of hydrogen-bond acceptors (Lipinski definition) is 37. The molecule has 6 rings (SSSR count).